The average Bonchev–Trinajstić information content (AvgIpc) is 2.71. The van der Waals surface area contributed by atoms with E-state index >= 15 is 0 Å². The fourth-order valence-electron chi connectivity index (χ4n) is 3.02. The van der Waals surface area contributed by atoms with E-state index in [1.807, 2.05) is 19.1 Å². The summed E-state index contributed by atoms with van der Waals surface area (Å²) in [6, 6.07) is 12.2. The number of anilines is 1. The first-order valence-corrected chi connectivity index (χ1v) is 12.3. The van der Waals surface area contributed by atoms with Crippen LogP contribution in [0.5, 0.6) is 0 Å². The Labute approximate surface area is 197 Å². The largest absolute Gasteiger partial charge is 0.378 e. The highest BCUT2D eigenvalue weighted by molar-refractivity contribution is 7.88. The number of rotatable bonds is 8. The Bertz CT molecular complexity index is 1270. The fourth-order valence-corrected chi connectivity index (χ4v) is 4.83. The highest BCUT2D eigenvalue weighted by Crippen LogP contribution is 2.21. The predicted molar refractivity (Wildman–Crippen MR) is 129 cm³/mol. The quantitative estimate of drug-likeness (QED) is 0.487. The van der Waals surface area contributed by atoms with Gasteiger partial charge in [-0.2, -0.15) is 9.78 Å². The van der Waals surface area contributed by atoms with Gasteiger partial charge >= 0.3 is 0 Å². The number of nitrogens with one attached hydrogen (secondary N) is 2. The third-order valence-electron chi connectivity index (χ3n) is 4.60. The second kappa shape index (κ2) is 10.0. The molecule has 170 valence electrons. The van der Waals surface area contributed by atoms with Gasteiger partial charge in [-0.3, -0.25) is 4.79 Å². The van der Waals surface area contributed by atoms with E-state index in [0.29, 0.717) is 28.5 Å². The molecule has 1 heterocycles. The molecule has 0 radical (unpaired) electrons. The summed E-state index contributed by atoms with van der Waals surface area (Å²) in [5.74, 6) is -0.0874. The number of hydrogen-bond donors (Lipinski definition) is 2. The molecule has 2 N–H and O–H groups in total. The molecule has 32 heavy (non-hydrogen) atoms. The number of hydrogen-bond acceptors (Lipinski definition) is 5. The molecule has 2 aromatic carbocycles. The molecule has 10 heteroatoms. The van der Waals surface area contributed by atoms with E-state index in [2.05, 4.69) is 15.1 Å². The lowest BCUT2D eigenvalue weighted by Gasteiger charge is -2.12. The van der Waals surface area contributed by atoms with Crippen LogP contribution >= 0.6 is 23.2 Å². The maximum Gasteiger partial charge on any atom is 0.292 e. The van der Waals surface area contributed by atoms with Crippen molar-refractivity contribution in [2.45, 2.75) is 39.1 Å². The lowest BCUT2D eigenvalue weighted by Crippen LogP contribution is -2.31. The Hall–Kier alpha value is -2.39. The highest BCUT2D eigenvalue weighted by atomic mass is 35.5. The number of halogens is 2. The van der Waals surface area contributed by atoms with Crippen LogP contribution in [-0.2, 0) is 22.3 Å². The van der Waals surface area contributed by atoms with Gasteiger partial charge in [-0.05, 0) is 49.6 Å². The van der Waals surface area contributed by atoms with E-state index in [1.54, 1.807) is 44.2 Å². The van der Waals surface area contributed by atoms with E-state index in [4.69, 9.17) is 23.2 Å². The Morgan fingerprint density at radius 1 is 1.06 bits per heavy atom. The summed E-state index contributed by atoms with van der Waals surface area (Å²) in [6.07, 6.45) is 1.48. The van der Waals surface area contributed by atoms with E-state index in [-0.39, 0.29) is 16.8 Å². The smallest absolute Gasteiger partial charge is 0.292 e. The normalized spacial score (nSPS) is 11.7. The van der Waals surface area contributed by atoms with Crippen LogP contribution in [0.1, 0.15) is 30.5 Å². The van der Waals surface area contributed by atoms with E-state index < -0.39 is 15.6 Å². The van der Waals surface area contributed by atoms with E-state index in [0.717, 1.165) is 11.1 Å². The molecule has 0 aliphatic rings. The first-order chi connectivity index (χ1) is 15.1. The molecule has 0 bridgehead atoms. The molecule has 0 atom stereocenters. The molecule has 0 fully saturated rings. The Balaban J connectivity index is 1.70. The van der Waals surface area contributed by atoms with Crippen LogP contribution in [0.4, 0.5) is 5.69 Å². The van der Waals surface area contributed by atoms with Crippen LogP contribution in [0, 0.1) is 6.92 Å². The van der Waals surface area contributed by atoms with Crippen molar-refractivity contribution in [3.63, 3.8) is 0 Å². The van der Waals surface area contributed by atoms with Gasteiger partial charge in [0.25, 0.3) is 5.56 Å². The van der Waals surface area contributed by atoms with Gasteiger partial charge in [-0.15, -0.1) is 0 Å². The summed E-state index contributed by atoms with van der Waals surface area (Å²) in [6.45, 7) is 5.82. The van der Waals surface area contributed by atoms with Gasteiger partial charge in [0.15, 0.2) is 0 Å². The van der Waals surface area contributed by atoms with E-state index in [9.17, 15) is 13.2 Å². The highest BCUT2D eigenvalue weighted by Gasteiger charge is 2.14. The number of nitrogens with zero attached hydrogens (tertiary/aromatic N) is 2. The molecule has 7 nitrogen and oxygen atoms in total. The monoisotopic (exact) mass is 494 g/mol. The van der Waals surface area contributed by atoms with Crippen LogP contribution in [0.25, 0.3) is 5.69 Å². The first kappa shape index (κ1) is 24.3. The minimum atomic E-state index is -3.38. The van der Waals surface area contributed by atoms with Crippen molar-refractivity contribution < 1.29 is 8.42 Å². The molecule has 0 aliphatic carbocycles. The first-order valence-electron chi connectivity index (χ1n) is 9.92. The second-order valence-corrected chi connectivity index (χ2v) is 10.3. The minimum Gasteiger partial charge on any atom is -0.378 e. The van der Waals surface area contributed by atoms with Crippen LogP contribution in [0.15, 0.2) is 53.5 Å². The second-order valence-electron chi connectivity index (χ2n) is 7.72. The Morgan fingerprint density at radius 3 is 2.34 bits per heavy atom. The molecule has 3 aromatic rings. The molecule has 0 unspecified atom stereocenters. The lowest BCUT2D eigenvalue weighted by molar-refractivity contribution is 0.569. The SMILES string of the molecule is Cc1ccc(-n2ncc(NCc3ccc(CS(=O)(=O)NC(C)C)cc3)c(Cl)c2=O)cc1Cl. The van der Waals surface area contributed by atoms with Gasteiger partial charge in [0.2, 0.25) is 10.0 Å². The summed E-state index contributed by atoms with van der Waals surface area (Å²) >= 11 is 12.4. The van der Waals surface area contributed by atoms with Crippen molar-refractivity contribution in [1.82, 2.24) is 14.5 Å². The van der Waals surface area contributed by atoms with Crippen molar-refractivity contribution in [3.8, 4) is 5.69 Å². The van der Waals surface area contributed by atoms with Gasteiger partial charge in [-0.1, -0.05) is 53.5 Å². The molecule has 0 amide bonds. The summed E-state index contributed by atoms with van der Waals surface area (Å²) in [7, 11) is -3.38. The molecule has 0 saturated heterocycles. The summed E-state index contributed by atoms with van der Waals surface area (Å²) in [4.78, 5) is 12.7. The van der Waals surface area contributed by atoms with Crippen LogP contribution in [0.3, 0.4) is 0 Å². The minimum absolute atomic E-state index is 0.0131. The zero-order chi connectivity index (χ0) is 23.5. The zero-order valence-electron chi connectivity index (χ0n) is 17.9. The van der Waals surface area contributed by atoms with Gasteiger partial charge in [-0.25, -0.2) is 13.1 Å². The molecular formula is C22H24Cl2N4O3S. The lowest BCUT2D eigenvalue weighted by atomic mass is 10.1. The molecule has 0 spiro atoms. The molecule has 1 aromatic heterocycles. The zero-order valence-corrected chi connectivity index (χ0v) is 20.2. The number of aryl methyl sites for hydroxylation is 1. The van der Waals surface area contributed by atoms with Crippen molar-refractivity contribution in [2.24, 2.45) is 0 Å². The molecule has 3 rings (SSSR count). The van der Waals surface area contributed by atoms with Gasteiger partial charge in [0.1, 0.15) is 5.02 Å². The maximum atomic E-state index is 12.7. The third-order valence-corrected chi connectivity index (χ3v) is 6.91. The molecule has 0 saturated carbocycles. The third kappa shape index (κ3) is 6.10. The summed E-state index contributed by atoms with van der Waals surface area (Å²) in [5, 5.41) is 7.84. The van der Waals surface area contributed by atoms with Gasteiger partial charge < -0.3 is 5.32 Å². The van der Waals surface area contributed by atoms with Crippen LogP contribution in [0.2, 0.25) is 10.0 Å². The van der Waals surface area contributed by atoms with Crippen molar-refractivity contribution in [3.05, 3.63) is 85.8 Å². The topological polar surface area (TPSA) is 93.1 Å². The van der Waals surface area contributed by atoms with Crippen molar-refractivity contribution >= 4 is 38.9 Å². The number of aromatic nitrogens is 2. The maximum absolute atomic E-state index is 12.7. The Kier molecular flexibility index (Phi) is 7.61. The average molecular weight is 495 g/mol. The van der Waals surface area contributed by atoms with Crippen molar-refractivity contribution in [2.75, 3.05) is 5.32 Å². The standard InChI is InChI=1S/C22H24Cl2N4O3S/c1-14(2)27-32(30,31)13-17-7-5-16(6-8-17)11-25-20-12-26-28(22(29)21(20)24)18-9-4-15(3)19(23)10-18/h4-10,12,14,25,27H,11,13H2,1-3H3. The van der Waals surface area contributed by atoms with Gasteiger partial charge in [0.05, 0.1) is 23.3 Å². The van der Waals surface area contributed by atoms with Crippen LogP contribution < -0.4 is 15.6 Å². The van der Waals surface area contributed by atoms with Crippen LogP contribution in [-0.4, -0.2) is 24.2 Å². The van der Waals surface area contributed by atoms with Gasteiger partial charge in [0, 0.05) is 17.6 Å². The summed E-state index contributed by atoms with van der Waals surface area (Å²) in [5.41, 5.74) is 2.94. The fraction of sp³-hybridized carbons (Fsp3) is 0.273. The van der Waals surface area contributed by atoms with Crippen molar-refractivity contribution in [1.29, 1.82) is 0 Å². The summed E-state index contributed by atoms with van der Waals surface area (Å²) < 4.78 is 27.9. The molecule has 0 aliphatic heterocycles. The number of sulfonamides is 1. The van der Waals surface area contributed by atoms with E-state index in [1.165, 1.54) is 10.9 Å². The Morgan fingerprint density at radius 2 is 1.72 bits per heavy atom. The molecular weight excluding hydrogens is 471 g/mol. The number of benzene rings is 2. The predicted octanol–water partition coefficient (Wildman–Crippen LogP) is 4.29.